The Balaban J connectivity index is 0.000000382. The van der Waals surface area contributed by atoms with E-state index in [1.807, 2.05) is 34.6 Å². The molecule has 0 radical (unpaired) electrons. The monoisotopic (exact) mass is 309 g/mol. The van der Waals surface area contributed by atoms with Crippen molar-refractivity contribution in [2.24, 2.45) is 0 Å². The van der Waals surface area contributed by atoms with Crippen LogP contribution in [-0.2, 0) is 9.47 Å². The Morgan fingerprint density at radius 3 is 1.91 bits per heavy atom. The molecule has 1 unspecified atom stereocenters. The number of carbonyl (C=O) groups is 1. The van der Waals surface area contributed by atoms with Crippen LogP contribution in [0.1, 0.15) is 45.7 Å². The molecule has 0 spiro atoms. The Hall–Kier alpha value is -1.55. The third kappa shape index (κ3) is 12.2. The molecule has 1 fully saturated rings. The second kappa shape index (κ2) is 10.2. The Bertz CT molecular complexity index is 396. The molecule has 1 atom stereocenters. The van der Waals surface area contributed by atoms with Gasteiger partial charge in [-0.25, -0.2) is 4.79 Å². The highest BCUT2D eigenvalue weighted by atomic mass is 16.6. The maximum atomic E-state index is 11.0. The van der Waals surface area contributed by atoms with Crippen molar-refractivity contribution in [1.29, 1.82) is 0 Å². The van der Waals surface area contributed by atoms with Gasteiger partial charge in [-0.1, -0.05) is 49.2 Å². The number of amides is 1. The summed E-state index contributed by atoms with van der Waals surface area (Å²) in [5, 5.41) is 2.61. The summed E-state index contributed by atoms with van der Waals surface area (Å²) in [6.45, 7) is 15.0. The van der Waals surface area contributed by atoms with E-state index in [1.165, 1.54) is 11.1 Å². The first-order valence-corrected chi connectivity index (χ1v) is 7.88. The highest BCUT2D eigenvalue weighted by Gasteiger charge is 2.24. The number of benzene rings is 1. The third-order valence-corrected chi connectivity index (χ3v) is 2.49. The summed E-state index contributed by atoms with van der Waals surface area (Å²) in [6.07, 6.45) is -0.171. The zero-order valence-electron chi connectivity index (χ0n) is 15.0. The molecule has 1 N–H and O–H groups in total. The minimum Gasteiger partial charge on any atom is -0.444 e. The van der Waals surface area contributed by atoms with E-state index in [2.05, 4.69) is 43.4 Å². The molecular formula is C18H31NO3. The summed E-state index contributed by atoms with van der Waals surface area (Å²) in [5.74, 6) is 0. The lowest BCUT2D eigenvalue weighted by Gasteiger charge is -2.19. The summed E-state index contributed by atoms with van der Waals surface area (Å²) in [6, 6.07) is 8.48. The number of hydrogen-bond acceptors (Lipinski definition) is 3. The van der Waals surface area contributed by atoms with Gasteiger partial charge >= 0.3 is 6.09 Å². The molecule has 1 aromatic carbocycles. The van der Waals surface area contributed by atoms with Crippen LogP contribution in [0.3, 0.4) is 0 Å². The van der Waals surface area contributed by atoms with Crippen molar-refractivity contribution in [2.45, 2.75) is 60.2 Å². The fourth-order valence-electron chi connectivity index (χ4n) is 1.33. The molecule has 1 aromatic rings. The first kappa shape index (κ1) is 20.5. The van der Waals surface area contributed by atoms with E-state index in [9.17, 15) is 4.79 Å². The van der Waals surface area contributed by atoms with Gasteiger partial charge < -0.3 is 14.8 Å². The van der Waals surface area contributed by atoms with Gasteiger partial charge in [0.1, 0.15) is 5.60 Å². The topological polar surface area (TPSA) is 50.9 Å². The number of aryl methyl sites for hydroxylation is 2. The number of alkyl carbamates (subject to hydrolysis) is 1. The average Bonchev–Trinajstić information content (AvgIpc) is 3.25. The van der Waals surface area contributed by atoms with Gasteiger partial charge in [-0.2, -0.15) is 0 Å². The van der Waals surface area contributed by atoms with Crippen LogP contribution in [-0.4, -0.2) is 30.9 Å². The lowest BCUT2D eigenvalue weighted by molar-refractivity contribution is 0.0524. The SMILES string of the molecule is CC.CC(C)(C)OC(=O)NCC1CO1.Cc1ccc(C)cc1. The molecule has 0 aromatic heterocycles. The molecule has 0 bridgehead atoms. The molecule has 1 amide bonds. The molecule has 4 nitrogen and oxygen atoms in total. The van der Waals surface area contributed by atoms with Crippen LogP contribution in [0.5, 0.6) is 0 Å². The number of epoxide rings is 1. The molecule has 4 heteroatoms. The Labute approximate surface area is 135 Å². The molecular weight excluding hydrogens is 278 g/mol. The van der Waals surface area contributed by atoms with Crippen LogP contribution in [0.2, 0.25) is 0 Å². The second-order valence-corrected chi connectivity index (χ2v) is 5.99. The van der Waals surface area contributed by atoms with Crippen molar-refractivity contribution in [3.05, 3.63) is 35.4 Å². The highest BCUT2D eigenvalue weighted by Crippen LogP contribution is 2.08. The molecule has 2 rings (SSSR count). The molecule has 126 valence electrons. The summed E-state index contributed by atoms with van der Waals surface area (Å²) in [4.78, 5) is 11.0. The smallest absolute Gasteiger partial charge is 0.407 e. The van der Waals surface area contributed by atoms with Gasteiger partial charge in [-0.15, -0.1) is 0 Å². The van der Waals surface area contributed by atoms with Crippen molar-refractivity contribution in [3.8, 4) is 0 Å². The second-order valence-electron chi connectivity index (χ2n) is 5.99. The largest absolute Gasteiger partial charge is 0.444 e. The summed E-state index contributed by atoms with van der Waals surface area (Å²) < 4.78 is 9.93. The number of rotatable bonds is 2. The minimum atomic E-state index is -0.422. The van der Waals surface area contributed by atoms with E-state index < -0.39 is 5.60 Å². The fraction of sp³-hybridized carbons (Fsp3) is 0.611. The number of carbonyl (C=O) groups excluding carboxylic acids is 1. The standard InChI is InChI=1S/C8H15NO3.C8H10.C2H6/c1-8(2,3)12-7(10)9-4-6-5-11-6;1-7-3-5-8(2)6-4-7;1-2/h6H,4-5H2,1-3H3,(H,9,10);3-6H,1-2H3;1-2H3. The lowest BCUT2D eigenvalue weighted by Crippen LogP contribution is -2.34. The molecule has 1 aliphatic heterocycles. The molecule has 22 heavy (non-hydrogen) atoms. The van der Waals surface area contributed by atoms with E-state index in [-0.39, 0.29) is 12.2 Å². The van der Waals surface area contributed by atoms with Gasteiger partial charge in [-0.3, -0.25) is 0 Å². The zero-order chi connectivity index (χ0) is 17.2. The van der Waals surface area contributed by atoms with Crippen molar-refractivity contribution in [3.63, 3.8) is 0 Å². The van der Waals surface area contributed by atoms with E-state index in [0.29, 0.717) is 6.54 Å². The van der Waals surface area contributed by atoms with Gasteiger partial charge in [0.2, 0.25) is 0 Å². The fourth-order valence-corrected chi connectivity index (χ4v) is 1.33. The quantitative estimate of drug-likeness (QED) is 0.831. The van der Waals surface area contributed by atoms with Crippen LogP contribution in [0.15, 0.2) is 24.3 Å². The van der Waals surface area contributed by atoms with E-state index in [4.69, 9.17) is 9.47 Å². The Kier molecular flexibility index (Phi) is 9.50. The third-order valence-electron chi connectivity index (χ3n) is 2.49. The Morgan fingerprint density at radius 1 is 1.18 bits per heavy atom. The summed E-state index contributed by atoms with van der Waals surface area (Å²) in [7, 11) is 0. The van der Waals surface area contributed by atoms with Gasteiger partial charge in [0.05, 0.1) is 12.7 Å². The van der Waals surface area contributed by atoms with Crippen LogP contribution in [0, 0.1) is 13.8 Å². The normalized spacial score (nSPS) is 15.5. The number of hydrogen-bond donors (Lipinski definition) is 1. The predicted octanol–water partition coefficient (Wildman–Crippen LogP) is 4.24. The van der Waals surface area contributed by atoms with Gasteiger partial charge in [0, 0.05) is 6.54 Å². The van der Waals surface area contributed by atoms with Crippen LogP contribution in [0.4, 0.5) is 4.79 Å². The molecule has 0 saturated carbocycles. The van der Waals surface area contributed by atoms with Crippen molar-refractivity contribution in [1.82, 2.24) is 5.32 Å². The first-order chi connectivity index (χ1) is 10.3. The predicted molar refractivity (Wildman–Crippen MR) is 91.2 cm³/mol. The number of ether oxygens (including phenoxy) is 2. The zero-order valence-corrected chi connectivity index (χ0v) is 15.0. The molecule has 1 heterocycles. The average molecular weight is 309 g/mol. The molecule has 1 saturated heterocycles. The highest BCUT2D eigenvalue weighted by molar-refractivity contribution is 5.67. The van der Waals surface area contributed by atoms with Crippen molar-refractivity contribution < 1.29 is 14.3 Å². The van der Waals surface area contributed by atoms with Crippen molar-refractivity contribution in [2.75, 3.05) is 13.2 Å². The number of nitrogens with one attached hydrogen (secondary N) is 1. The lowest BCUT2D eigenvalue weighted by atomic mass is 10.2. The first-order valence-electron chi connectivity index (χ1n) is 7.88. The molecule has 0 aliphatic carbocycles. The summed E-state index contributed by atoms with van der Waals surface area (Å²) in [5.41, 5.74) is 2.24. The maximum Gasteiger partial charge on any atom is 0.407 e. The van der Waals surface area contributed by atoms with Crippen LogP contribution >= 0.6 is 0 Å². The molecule has 1 aliphatic rings. The van der Waals surface area contributed by atoms with Gasteiger partial charge in [0.15, 0.2) is 0 Å². The van der Waals surface area contributed by atoms with Crippen molar-refractivity contribution >= 4 is 6.09 Å². The van der Waals surface area contributed by atoms with Crippen LogP contribution in [0.25, 0.3) is 0 Å². The van der Waals surface area contributed by atoms with Gasteiger partial charge in [-0.05, 0) is 34.6 Å². The van der Waals surface area contributed by atoms with E-state index in [1.54, 1.807) is 0 Å². The Morgan fingerprint density at radius 2 is 1.59 bits per heavy atom. The maximum absolute atomic E-state index is 11.0. The van der Waals surface area contributed by atoms with E-state index in [0.717, 1.165) is 6.61 Å². The van der Waals surface area contributed by atoms with Crippen LogP contribution < -0.4 is 5.32 Å². The minimum absolute atomic E-state index is 0.206. The van der Waals surface area contributed by atoms with Gasteiger partial charge in [0.25, 0.3) is 0 Å². The summed E-state index contributed by atoms with van der Waals surface area (Å²) >= 11 is 0. The van der Waals surface area contributed by atoms with E-state index >= 15 is 0 Å².